The summed E-state index contributed by atoms with van der Waals surface area (Å²) in [5.74, 6) is 0.609. The van der Waals surface area contributed by atoms with E-state index in [1.807, 2.05) is 13.0 Å². The highest BCUT2D eigenvalue weighted by atomic mass is 16.7. The largest absolute Gasteiger partial charge is 0.470 e. The van der Waals surface area contributed by atoms with Gasteiger partial charge in [-0.3, -0.25) is 0 Å². The van der Waals surface area contributed by atoms with Crippen LogP contribution in [-0.4, -0.2) is 12.9 Å². The summed E-state index contributed by atoms with van der Waals surface area (Å²) < 4.78 is 10.4. The lowest BCUT2D eigenvalue weighted by atomic mass is 10.3. The second-order valence-electron chi connectivity index (χ2n) is 2.34. The van der Waals surface area contributed by atoms with E-state index < -0.39 is 0 Å². The second kappa shape index (κ2) is 6.68. The average Bonchev–Trinajstić information content (AvgIpc) is 2.01. The number of rotatable bonds is 6. The van der Waals surface area contributed by atoms with Gasteiger partial charge in [-0.05, 0) is 13.8 Å². The van der Waals surface area contributed by atoms with Gasteiger partial charge in [0.05, 0.1) is 11.8 Å². The Balaban J connectivity index is 3.48. The predicted molar refractivity (Wildman–Crippen MR) is 46.2 cm³/mol. The van der Waals surface area contributed by atoms with Crippen molar-refractivity contribution in [1.29, 1.82) is 5.26 Å². The molecule has 0 aromatic heterocycles. The van der Waals surface area contributed by atoms with Gasteiger partial charge in [-0.2, -0.15) is 5.26 Å². The van der Waals surface area contributed by atoms with Crippen molar-refractivity contribution in [2.24, 2.45) is 0 Å². The zero-order valence-corrected chi connectivity index (χ0v) is 7.67. The van der Waals surface area contributed by atoms with Gasteiger partial charge < -0.3 is 9.47 Å². The molecule has 1 unspecified atom stereocenters. The van der Waals surface area contributed by atoms with E-state index in [0.29, 0.717) is 25.2 Å². The molecule has 0 aliphatic rings. The fraction of sp³-hybridized carbons (Fsp3) is 0.667. The van der Waals surface area contributed by atoms with Crippen LogP contribution in [0.1, 0.15) is 26.7 Å². The van der Waals surface area contributed by atoms with Crippen molar-refractivity contribution in [1.82, 2.24) is 0 Å². The molecule has 0 radical (unpaired) electrons. The van der Waals surface area contributed by atoms with Gasteiger partial charge in [0.1, 0.15) is 0 Å². The van der Waals surface area contributed by atoms with Crippen LogP contribution >= 0.6 is 0 Å². The maximum atomic E-state index is 8.27. The van der Waals surface area contributed by atoms with Crippen LogP contribution in [0.3, 0.4) is 0 Å². The van der Waals surface area contributed by atoms with Crippen molar-refractivity contribution in [3.63, 3.8) is 0 Å². The van der Waals surface area contributed by atoms with Crippen LogP contribution in [0.2, 0.25) is 0 Å². The van der Waals surface area contributed by atoms with Crippen LogP contribution in [0.15, 0.2) is 12.3 Å². The van der Waals surface area contributed by atoms with Crippen molar-refractivity contribution in [2.75, 3.05) is 6.61 Å². The molecular weight excluding hydrogens is 154 g/mol. The molecule has 12 heavy (non-hydrogen) atoms. The third-order valence-corrected chi connectivity index (χ3v) is 1.25. The molecule has 0 aliphatic carbocycles. The van der Waals surface area contributed by atoms with E-state index >= 15 is 0 Å². The van der Waals surface area contributed by atoms with Gasteiger partial charge in [0.2, 0.25) is 0 Å². The summed E-state index contributed by atoms with van der Waals surface area (Å²) in [6.45, 7) is 7.99. The number of allylic oxidation sites excluding steroid dienone is 1. The number of hydrogen-bond donors (Lipinski definition) is 0. The van der Waals surface area contributed by atoms with Crippen molar-refractivity contribution in [3.8, 4) is 6.07 Å². The molecular formula is C9H15NO2. The molecule has 0 heterocycles. The second-order valence-corrected chi connectivity index (χ2v) is 2.34. The van der Waals surface area contributed by atoms with E-state index in [-0.39, 0.29) is 6.29 Å². The summed E-state index contributed by atoms with van der Waals surface area (Å²) in [5, 5.41) is 8.27. The SMILES string of the molecule is C=C(CCC#N)OC(C)OCC. The van der Waals surface area contributed by atoms with Gasteiger partial charge in [0.15, 0.2) is 6.29 Å². The van der Waals surface area contributed by atoms with Crippen molar-refractivity contribution in [3.05, 3.63) is 12.3 Å². The monoisotopic (exact) mass is 169 g/mol. The van der Waals surface area contributed by atoms with Crippen LogP contribution in [0.4, 0.5) is 0 Å². The van der Waals surface area contributed by atoms with Crippen LogP contribution in [0.25, 0.3) is 0 Å². The lowest BCUT2D eigenvalue weighted by Crippen LogP contribution is -2.11. The topological polar surface area (TPSA) is 42.2 Å². The summed E-state index contributed by atoms with van der Waals surface area (Å²) in [6.07, 6.45) is 0.757. The minimum Gasteiger partial charge on any atom is -0.470 e. The molecule has 0 bridgehead atoms. The molecule has 3 nitrogen and oxygen atoms in total. The molecule has 0 spiro atoms. The Kier molecular flexibility index (Phi) is 6.12. The van der Waals surface area contributed by atoms with Crippen LogP contribution in [0, 0.1) is 11.3 Å². The third-order valence-electron chi connectivity index (χ3n) is 1.25. The Bertz CT molecular complexity index is 172. The first-order valence-electron chi connectivity index (χ1n) is 4.03. The standard InChI is InChI=1S/C9H15NO2/c1-4-11-9(3)12-8(2)6-5-7-10/h9H,2,4-6H2,1,3H3. The van der Waals surface area contributed by atoms with E-state index in [1.165, 1.54) is 0 Å². The van der Waals surface area contributed by atoms with Gasteiger partial charge in [0, 0.05) is 19.4 Å². The van der Waals surface area contributed by atoms with Crippen molar-refractivity contribution in [2.45, 2.75) is 33.0 Å². The molecule has 0 saturated heterocycles. The van der Waals surface area contributed by atoms with Gasteiger partial charge in [0.25, 0.3) is 0 Å². The lowest BCUT2D eigenvalue weighted by Gasteiger charge is -2.15. The highest BCUT2D eigenvalue weighted by Gasteiger charge is 2.02. The molecule has 0 aromatic rings. The molecule has 1 atom stereocenters. The maximum absolute atomic E-state index is 8.27. The number of nitrogens with zero attached hydrogens (tertiary/aromatic N) is 1. The normalized spacial score (nSPS) is 11.8. The summed E-state index contributed by atoms with van der Waals surface area (Å²) in [7, 11) is 0. The van der Waals surface area contributed by atoms with Crippen molar-refractivity contribution < 1.29 is 9.47 Å². The van der Waals surface area contributed by atoms with Gasteiger partial charge in [-0.15, -0.1) is 0 Å². The fourth-order valence-electron chi connectivity index (χ4n) is 0.758. The van der Waals surface area contributed by atoms with Gasteiger partial charge >= 0.3 is 0 Å². The Morgan fingerprint density at radius 2 is 2.33 bits per heavy atom. The van der Waals surface area contributed by atoms with E-state index in [4.69, 9.17) is 14.7 Å². The third kappa shape index (κ3) is 5.75. The fourth-order valence-corrected chi connectivity index (χ4v) is 0.758. The molecule has 0 aromatic carbocycles. The van der Waals surface area contributed by atoms with E-state index in [2.05, 4.69) is 6.58 Å². The summed E-state index contributed by atoms with van der Waals surface area (Å²) in [6, 6.07) is 2.02. The molecule has 0 fully saturated rings. The first kappa shape index (κ1) is 11.0. The van der Waals surface area contributed by atoms with Crippen molar-refractivity contribution >= 4 is 0 Å². The Hall–Kier alpha value is -1.01. The number of nitriles is 1. The van der Waals surface area contributed by atoms with E-state index in [1.54, 1.807) is 6.92 Å². The van der Waals surface area contributed by atoms with Gasteiger partial charge in [-0.25, -0.2) is 0 Å². The van der Waals surface area contributed by atoms with E-state index in [0.717, 1.165) is 0 Å². The molecule has 3 heteroatoms. The average molecular weight is 169 g/mol. The van der Waals surface area contributed by atoms with Crippen LogP contribution in [0.5, 0.6) is 0 Å². The first-order valence-corrected chi connectivity index (χ1v) is 4.03. The summed E-state index contributed by atoms with van der Waals surface area (Å²) in [5.41, 5.74) is 0. The zero-order chi connectivity index (χ0) is 9.40. The minimum atomic E-state index is -0.263. The highest BCUT2D eigenvalue weighted by Crippen LogP contribution is 2.07. The molecule has 68 valence electrons. The lowest BCUT2D eigenvalue weighted by molar-refractivity contribution is -0.100. The van der Waals surface area contributed by atoms with Crippen LogP contribution in [-0.2, 0) is 9.47 Å². The number of ether oxygens (including phenoxy) is 2. The molecule has 0 saturated carbocycles. The Morgan fingerprint density at radius 1 is 1.67 bits per heavy atom. The smallest absolute Gasteiger partial charge is 0.196 e. The van der Waals surface area contributed by atoms with Gasteiger partial charge in [-0.1, -0.05) is 6.58 Å². The summed E-state index contributed by atoms with van der Waals surface area (Å²) in [4.78, 5) is 0. The molecule has 0 rings (SSSR count). The van der Waals surface area contributed by atoms with Crippen LogP contribution < -0.4 is 0 Å². The molecule has 0 aliphatic heterocycles. The molecule has 0 N–H and O–H groups in total. The predicted octanol–water partition coefficient (Wildman–Crippen LogP) is 2.20. The summed E-state index contributed by atoms with van der Waals surface area (Å²) >= 11 is 0. The molecule has 0 amide bonds. The zero-order valence-electron chi connectivity index (χ0n) is 7.67. The van der Waals surface area contributed by atoms with E-state index in [9.17, 15) is 0 Å². The minimum absolute atomic E-state index is 0.263. The highest BCUT2D eigenvalue weighted by molar-refractivity contribution is 4.87. The first-order chi connectivity index (χ1) is 5.70. The Morgan fingerprint density at radius 3 is 2.83 bits per heavy atom. The maximum Gasteiger partial charge on any atom is 0.196 e. The Labute approximate surface area is 73.6 Å². The quantitative estimate of drug-likeness (QED) is 0.452. The number of hydrogen-bond acceptors (Lipinski definition) is 3.